The Labute approximate surface area is 197 Å². The van der Waals surface area contributed by atoms with E-state index >= 15 is 0 Å². The number of rotatable bonds is 6. The van der Waals surface area contributed by atoms with E-state index < -0.39 is 0 Å². The van der Waals surface area contributed by atoms with Gasteiger partial charge < -0.3 is 19.4 Å². The summed E-state index contributed by atoms with van der Waals surface area (Å²) in [6.45, 7) is 4.06. The summed E-state index contributed by atoms with van der Waals surface area (Å²) in [7, 11) is 0. The van der Waals surface area contributed by atoms with Crippen LogP contribution in [-0.2, 0) is 17.8 Å². The van der Waals surface area contributed by atoms with Crippen LogP contribution in [0.2, 0.25) is 0 Å². The Morgan fingerprint density at radius 2 is 1.97 bits per heavy atom. The number of carbonyl (C=O) groups excluding carboxylic acids is 1. The molecule has 0 saturated carbocycles. The second kappa shape index (κ2) is 9.87. The molecule has 5 rings (SSSR count). The second-order valence-electron chi connectivity index (χ2n) is 8.26. The van der Waals surface area contributed by atoms with Crippen LogP contribution in [0, 0.1) is 0 Å². The summed E-state index contributed by atoms with van der Waals surface area (Å²) < 4.78 is 13.6. The summed E-state index contributed by atoms with van der Waals surface area (Å²) in [6, 6.07) is 14.3. The molecule has 0 unspecified atom stereocenters. The molecule has 0 radical (unpaired) electrons. The van der Waals surface area contributed by atoms with Gasteiger partial charge in [-0.1, -0.05) is 36.0 Å². The van der Waals surface area contributed by atoms with E-state index in [1.807, 2.05) is 28.8 Å². The van der Waals surface area contributed by atoms with E-state index in [-0.39, 0.29) is 11.9 Å². The third-order valence-electron chi connectivity index (χ3n) is 6.08. The monoisotopic (exact) mass is 464 g/mol. The van der Waals surface area contributed by atoms with Crippen LogP contribution in [0.15, 0.2) is 47.6 Å². The molecule has 0 saturated heterocycles. The molecule has 8 heteroatoms. The molecule has 172 valence electrons. The molecule has 1 aromatic heterocycles. The van der Waals surface area contributed by atoms with Gasteiger partial charge in [0.2, 0.25) is 5.91 Å². The molecule has 2 aromatic carbocycles. The van der Waals surface area contributed by atoms with Crippen molar-refractivity contribution in [1.82, 2.24) is 20.1 Å². The van der Waals surface area contributed by atoms with Crippen molar-refractivity contribution in [3.8, 4) is 22.9 Å². The Kier molecular flexibility index (Phi) is 6.53. The largest absolute Gasteiger partial charge is 0.490 e. The molecular formula is C25H28N4O3S. The van der Waals surface area contributed by atoms with Gasteiger partial charge in [0.15, 0.2) is 22.5 Å². The Morgan fingerprint density at radius 1 is 1.12 bits per heavy atom. The summed E-state index contributed by atoms with van der Waals surface area (Å²) in [5, 5.41) is 12.7. The van der Waals surface area contributed by atoms with Crippen molar-refractivity contribution in [1.29, 1.82) is 0 Å². The van der Waals surface area contributed by atoms with E-state index in [4.69, 9.17) is 9.47 Å². The van der Waals surface area contributed by atoms with Crippen molar-refractivity contribution in [2.75, 3.05) is 19.0 Å². The maximum atomic E-state index is 12.7. The van der Waals surface area contributed by atoms with E-state index in [0.717, 1.165) is 53.7 Å². The lowest BCUT2D eigenvalue weighted by Crippen LogP contribution is -2.32. The zero-order valence-corrected chi connectivity index (χ0v) is 19.6. The molecule has 33 heavy (non-hydrogen) atoms. The molecule has 0 spiro atoms. The molecule has 1 amide bonds. The van der Waals surface area contributed by atoms with Crippen LogP contribution in [0.1, 0.15) is 43.4 Å². The lowest BCUT2D eigenvalue weighted by molar-refractivity contribution is -0.119. The first-order chi connectivity index (χ1) is 16.2. The van der Waals surface area contributed by atoms with Crippen molar-refractivity contribution in [3.05, 3.63) is 53.6 Å². The third-order valence-corrected chi connectivity index (χ3v) is 7.04. The number of amides is 1. The molecule has 2 heterocycles. The average molecular weight is 465 g/mol. The minimum atomic E-state index is 0.0180. The minimum absolute atomic E-state index is 0.0180. The highest BCUT2D eigenvalue weighted by atomic mass is 32.2. The summed E-state index contributed by atoms with van der Waals surface area (Å²) >= 11 is 1.42. The highest BCUT2D eigenvalue weighted by Crippen LogP contribution is 2.35. The molecule has 0 bridgehead atoms. The van der Waals surface area contributed by atoms with Gasteiger partial charge >= 0.3 is 0 Å². The number of aryl methyl sites for hydroxylation is 1. The van der Waals surface area contributed by atoms with Gasteiger partial charge in [-0.25, -0.2) is 0 Å². The normalized spacial score (nSPS) is 17.2. The predicted octanol–water partition coefficient (Wildman–Crippen LogP) is 4.41. The molecule has 1 aliphatic carbocycles. The zero-order chi connectivity index (χ0) is 22.6. The molecule has 7 nitrogen and oxygen atoms in total. The number of nitrogens with one attached hydrogen (secondary N) is 1. The van der Waals surface area contributed by atoms with E-state index in [1.54, 1.807) is 0 Å². The van der Waals surface area contributed by atoms with Gasteiger partial charge in [0.25, 0.3) is 0 Å². The molecule has 3 aromatic rings. The third kappa shape index (κ3) is 4.71. The SMILES string of the molecule is CCn1c(SCC(=O)N[C@@H]2CCCc3ccccc32)nnc1-c1ccc2c(c1)OCCCO2. The van der Waals surface area contributed by atoms with E-state index in [0.29, 0.717) is 25.5 Å². The lowest BCUT2D eigenvalue weighted by Gasteiger charge is -2.26. The summed E-state index contributed by atoms with van der Waals surface area (Å²) in [6.07, 6.45) is 4.02. The first-order valence-electron chi connectivity index (χ1n) is 11.6. The maximum absolute atomic E-state index is 12.7. The Morgan fingerprint density at radius 3 is 2.85 bits per heavy atom. The Balaban J connectivity index is 1.27. The zero-order valence-electron chi connectivity index (χ0n) is 18.8. The van der Waals surface area contributed by atoms with Gasteiger partial charge in [0.05, 0.1) is 25.0 Å². The molecule has 2 aliphatic rings. The number of ether oxygens (including phenoxy) is 2. The molecule has 1 N–H and O–H groups in total. The highest BCUT2D eigenvalue weighted by Gasteiger charge is 2.22. The number of nitrogens with zero attached hydrogens (tertiary/aromatic N) is 3. The van der Waals surface area contributed by atoms with Crippen LogP contribution in [0.25, 0.3) is 11.4 Å². The van der Waals surface area contributed by atoms with Gasteiger partial charge in [0, 0.05) is 18.5 Å². The number of fused-ring (bicyclic) bond motifs is 2. The number of hydrogen-bond donors (Lipinski definition) is 1. The Bertz CT molecular complexity index is 1150. The van der Waals surface area contributed by atoms with Crippen LogP contribution < -0.4 is 14.8 Å². The highest BCUT2D eigenvalue weighted by molar-refractivity contribution is 7.99. The standard InChI is InChI=1S/C25H28N4O3S/c1-2-29-24(18-11-12-21-22(15-18)32-14-6-13-31-21)27-28-25(29)33-16-23(30)26-20-10-5-8-17-7-3-4-9-19(17)20/h3-4,7,9,11-12,15,20H,2,5-6,8,10,13-14,16H2,1H3,(H,26,30)/t20-/m1/s1. The number of hydrogen-bond acceptors (Lipinski definition) is 6. The summed E-state index contributed by atoms with van der Waals surface area (Å²) in [5.41, 5.74) is 3.51. The number of thioether (sulfide) groups is 1. The van der Waals surface area contributed by atoms with Crippen LogP contribution in [-0.4, -0.2) is 39.6 Å². The van der Waals surface area contributed by atoms with Crippen molar-refractivity contribution in [3.63, 3.8) is 0 Å². The van der Waals surface area contributed by atoms with E-state index in [1.165, 1.54) is 22.9 Å². The topological polar surface area (TPSA) is 78.3 Å². The number of benzene rings is 2. The number of aromatic nitrogens is 3. The van der Waals surface area contributed by atoms with Crippen molar-refractivity contribution in [2.45, 2.75) is 50.4 Å². The fourth-order valence-corrected chi connectivity index (χ4v) is 5.28. The smallest absolute Gasteiger partial charge is 0.230 e. The van der Waals surface area contributed by atoms with Gasteiger partial charge in [0.1, 0.15) is 0 Å². The van der Waals surface area contributed by atoms with Gasteiger partial charge in [-0.05, 0) is 55.5 Å². The van der Waals surface area contributed by atoms with Gasteiger partial charge in [-0.2, -0.15) is 0 Å². The molecule has 1 aliphatic heterocycles. The van der Waals surface area contributed by atoms with Crippen molar-refractivity contribution < 1.29 is 14.3 Å². The van der Waals surface area contributed by atoms with Crippen molar-refractivity contribution >= 4 is 17.7 Å². The van der Waals surface area contributed by atoms with Crippen molar-refractivity contribution in [2.24, 2.45) is 0 Å². The maximum Gasteiger partial charge on any atom is 0.230 e. The minimum Gasteiger partial charge on any atom is -0.490 e. The fourth-order valence-electron chi connectivity index (χ4n) is 4.47. The molecule has 1 atom stereocenters. The van der Waals surface area contributed by atoms with Crippen LogP contribution in [0.5, 0.6) is 11.5 Å². The van der Waals surface area contributed by atoms with Gasteiger partial charge in [-0.3, -0.25) is 4.79 Å². The van der Waals surface area contributed by atoms with E-state index in [2.05, 4.69) is 40.6 Å². The summed E-state index contributed by atoms with van der Waals surface area (Å²) in [5.74, 6) is 2.57. The summed E-state index contributed by atoms with van der Waals surface area (Å²) in [4.78, 5) is 12.7. The van der Waals surface area contributed by atoms with Crippen LogP contribution >= 0.6 is 11.8 Å². The lowest BCUT2D eigenvalue weighted by atomic mass is 9.88. The van der Waals surface area contributed by atoms with E-state index in [9.17, 15) is 4.79 Å². The average Bonchev–Trinajstić information content (AvgIpc) is 3.11. The Hall–Kier alpha value is -3.00. The fraction of sp³-hybridized carbons (Fsp3) is 0.400. The van der Waals surface area contributed by atoms with Gasteiger partial charge in [-0.15, -0.1) is 10.2 Å². The predicted molar refractivity (Wildman–Crippen MR) is 128 cm³/mol. The number of carbonyl (C=O) groups is 1. The molecule has 0 fully saturated rings. The van der Waals surface area contributed by atoms with Crippen LogP contribution in [0.4, 0.5) is 0 Å². The quantitative estimate of drug-likeness (QED) is 0.545. The first-order valence-corrected chi connectivity index (χ1v) is 12.5. The first kappa shape index (κ1) is 21.8. The second-order valence-corrected chi connectivity index (χ2v) is 9.20. The molecular weight excluding hydrogens is 436 g/mol. The van der Waals surface area contributed by atoms with Crippen LogP contribution in [0.3, 0.4) is 0 Å².